The number of carboxylic acid groups (broad SMARTS) is 1. The molecular formula is C68H86N12O13. The van der Waals surface area contributed by atoms with Crippen LogP contribution in [0.2, 0.25) is 0 Å². The van der Waals surface area contributed by atoms with Crippen molar-refractivity contribution in [2.24, 2.45) is 22.9 Å². The van der Waals surface area contributed by atoms with E-state index in [1.54, 1.807) is 147 Å². The van der Waals surface area contributed by atoms with Gasteiger partial charge in [-0.2, -0.15) is 0 Å². The highest BCUT2D eigenvalue weighted by atomic mass is 16.4. The van der Waals surface area contributed by atoms with Gasteiger partial charge in [0.2, 0.25) is 59.1 Å². The maximum Gasteiger partial charge on any atom is 0.303 e. The van der Waals surface area contributed by atoms with Crippen molar-refractivity contribution in [2.45, 2.75) is 158 Å². The Morgan fingerprint density at radius 2 is 0.860 bits per heavy atom. The predicted octanol–water partition coefficient (Wildman–Crippen LogP) is 0.979. The fraction of sp³-hybridized carbons (Fsp3) is 0.397. The predicted molar refractivity (Wildman–Crippen MR) is 345 cm³/mol. The molecule has 5 aromatic rings. The number of hydrogen-bond acceptors (Lipinski definition) is 14. The van der Waals surface area contributed by atoms with Crippen molar-refractivity contribution in [2.75, 3.05) is 13.1 Å². The number of unbranched alkanes of at least 4 members (excludes halogenated alkanes) is 1. The Labute approximate surface area is 540 Å². The molecule has 5 aromatic carbocycles. The van der Waals surface area contributed by atoms with Gasteiger partial charge in [0.1, 0.15) is 54.1 Å². The zero-order valence-corrected chi connectivity index (χ0v) is 52.4. The lowest BCUT2D eigenvalue weighted by Gasteiger charge is -2.30. The molecular weight excluding hydrogens is 1190 g/mol. The minimum absolute atomic E-state index is 0.0731. The topological polar surface area (TPSA) is 420 Å². The van der Waals surface area contributed by atoms with Gasteiger partial charge in [-0.1, -0.05) is 121 Å². The summed E-state index contributed by atoms with van der Waals surface area (Å²) in [5.74, 6) is -9.61. The molecule has 1 heterocycles. The molecule has 25 nitrogen and oxygen atoms in total. The number of aryl methyl sites for hydroxylation is 2. The molecule has 0 bridgehead atoms. The number of amides is 10. The van der Waals surface area contributed by atoms with E-state index < -0.39 is 139 Å². The highest BCUT2D eigenvalue weighted by Gasteiger charge is 2.40. The molecule has 1 saturated heterocycles. The number of phenolic OH excluding ortho intramolecular Hbond substituents is 1. The summed E-state index contributed by atoms with van der Waals surface area (Å²) in [4.78, 5) is 154. The van der Waals surface area contributed by atoms with E-state index in [0.717, 1.165) is 16.7 Å². The molecule has 0 saturated carbocycles. The van der Waals surface area contributed by atoms with Crippen LogP contribution in [0, 0.1) is 13.8 Å². The Morgan fingerprint density at radius 1 is 0.495 bits per heavy atom. The smallest absolute Gasteiger partial charge is 0.303 e. The van der Waals surface area contributed by atoms with Crippen molar-refractivity contribution < 1.29 is 63.0 Å². The van der Waals surface area contributed by atoms with E-state index in [2.05, 4.69) is 37.2 Å². The van der Waals surface area contributed by atoms with Gasteiger partial charge >= 0.3 is 5.97 Å². The molecule has 10 amide bonds. The Kier molecular flexibility index (Phi) is 28.0. The molecule has 0 aliphatic carbocycles. The number of likely N-dealkylation sites (tertiary alicyclic amines) is 1. The Bertz CT molecular complexity index is 3360. The lowest BCUT2D eigenvalue weighted by atomic mass is 9.95. The normalized spacial score (nSPS) is 15.3. The second-order valence-corrected chi connectivity index (χ2v) is 23.4. The highest BCUT2D eigenvalue weighted by Crippen LogP contribution is 2.25. The second kappa shape index (κ2) is 36.1. The van der Waals surface area contributed by atoms with E-state index in [0.29, 0.717) is 48.1 Å². The standard InChI is InChI=1S/C68H86N12O13/c1-41-34-47(81)35-42(2)48(41)40-49(70)68(93)80-33-17-27-57(80)67(92)79-56(39-46-24-13-6-14-25-46)66(91)78-55(38-45-22-11-5-12-23-45)65(90)75-52(29-31-59(83)84)62(87)77-54(37-44-20-9-4-10-21-44)64(89)74-51(28-30-58(71)82)61(86)76-53(36-43-18-7-3-8-19-43)63(88)73-50(60(72)85)26-15-16-32-69/h3-14,18-25,34-35,49-57,81H,15-17,26-33,36-40,69-70H2,1-2H3,(H2,71,82)(H2,72,85)(H,73,88)(H,74,89)(H,75,90)(H,76,86)(H,77,87)(H,78,91)(H,79,92)(H,83,84)/t49-,50-,51-,52-,53-,54-,55-,56-,57-/m0/s1. The molecule has 496 valence electrons. The van der Waals surface area contributed by atoms with Crippen LogP contribution in [0.5, 0.6) is 5.75 Å². The summed E-state index contributed by atoms with van der Waals surface area (Å²) >= 11 is 0. The van der Waals surface area contributed by atoms with Crippen LogP contribution in [0.4, 0.5) is 0 Å². The van der Waals surface area contributed by atoms with Gasteiger partial charge in [0.25, 0.3) is 0 Å². The quantitative estimate of drug-likeness (QED) is 0.0249. The zero-order chi connectivity index (χ0) is 67.6. The number of rotatable bonds is 36. The summed E-state index contributed by atoms with van der Waals surface area (Å²) < 4.78 is 0. The highest BCUT2D eigenvalue weighted by molar-refractivity contribution is 5.99. The van der Waals surface area contributed by atoms with Gasteiger partial charge in [-0.05, 0) is 123 Å². The van der Waals surface area contributed by atoms with E-state index in [9.17, 15) is 63.0 Å². The van der Waals surface area contributed by atoms with Gasteiger partial charge < -0.3 is 75.3 Å². The number of carbonyl (C=O) groups is 11. The number of nitrogens with two attached hydrogens (primary N) is 4. The molecule has 93 heavy (non-hydrogen) atoms. The first-order chi connectivity index (χ1) is 44.5. The number of nitrogens with zero attached hydrogens (tertiary/aromatic N) is 1. The number of aliphatic carboxylic acids is 1. The summed E-state index contributed by atoms with van der Waals surface area (Å²) in [7, 11) is 0. The van der Waals surface area contributed by atoms with Crippen molar-refractivity contribution in [3.05, 3.63) is 172 Å². The van der Waals surface area contributed by atoms with Gasteiger partial charge in [-0.15, -0.1) is 0 Å². The maximum atomic E-state index is 14.9. The number of carbonyl (C=O) groups excluding carboxylic acids is 10. The summed E-state index contributed by atoms with van der Waals surface area (Å²) in [6.45, 7) is 4.14. The van der Waals surface area contributed by atoms with Crippen LogP contribution in [-0.2, 0) is 84.8 Å². The molecule has 1 fully saturated rings. The van der Waals surface area contributed by atoms with Gasteiger partial charge in [0.05, 0.1) is 6.04 Å². The fourth-order valence-electron chi connectivity index (χ4n) is 11.1. The maximum absolute atomic E-state index is 14.9. The van der Waals surface area contributed by atoms with Crippen LogP contribution in [0.15, 0.2) is 133 Å². The molecule has 1 aliphatic heterocycles. The number of carboxylic acids is 1. The average molecular weight is 1280 g/mol. The first-order valence-electron chi connectivity index (χ1n) is 31.1. The van der Waals surface area contributed by atoms with Crippen LogP contribution >= 0.6 is 0 Å². The zero-order valence-electron chi connectivity index (χ0n) is 52.4. The number of hydrogen-bond donors (Lipinski definition) is 13. The number of phenols is 1. The minimum Gasteiger partial charge on any atom is -0.508 e. The molecule has 17 N–H and O–H groups in total. The van der Waals surface area contributed by atoms with E-state index in [4.69, 9.17) is 22.9 Å². The Balaban J connectivity index is 1.25. The minimum atomic E-state index is -1.69. The monoisotopic (exact) mass is 1280 g/mol. The lowest BCUT2D eigenvalue weighted by molar-refractivity contribution is -0.140. The number of primary amides is 2. The van der Waals surface area contributed by atoms with Crippen LogP contribution < -0.4 is 60.2 Å². The molecule has 6 rings (SSSR count). The first-order valence-corrected chi connectivity index (χ1v) is 31.1. The van der Waals surface area contributed by atoms with Crippen LogP contribution in [0.25, 0.3) is 0 Å². The summed E-state index contributed by atoms with van der Waals surface area (Å²) in [6, 6.07) is 25.1. The van der Waals surface area contributed by atoms with E-state index in [1.807, 2.05) is 0 Å². The van der Waals surface area contributed by atoms with Crippen LogP contribution in [0.3, 0.4) is 0 Å². The SMILES string of the molecule is Cc1cc(O)cc(C)c1C[C@H](N)C(=O)N1CCC[C@H]1C(=O)N[C@@H](Cc1ccccc1)C(=O)N[C@@H](Cc1ccccc1)C(=O)N[C@@H](CCC(=O)O)C(=O)N[C@@H](Cc1ccccc1)C(=O)N[C@@H](CCC(N)=O)C(=O)N[C@@H](Cc1ccccc1)C(=O)N[C@@H](CCCCN)C(N)=O. The molecule has 25 heteroatoms. The van der Waals surface area contributed by atoms with Crippen molar-refractivity contribution in [1.82, 2.24) is 42.1 Å². The Morgan fingerprint density at radius 3 is 1.24 bits per heavy atom. The van der Waals surface area contributed by atoms with Gasteiger partial charge in [-0.3, -0.25) is 52.7 Å². The largest absolute Gasteiger partial charge is 0.508 e. The van der Waals surface area contributed by atoms with E-state index in [1.165, 1.54) is 4.90 Å². The van der Waals surface area contributed by atoms with Gasteiger partial charge in [0, 0.05) is 45.1 Å². The van der Waals surface area contributed by atoms with E-state index in [-0.39, 0.29) is 63.7 Å². The third-order valence-electron chi connectivity index (χ3n) is 16.1. The Hall–Kier alpha value is -10.0. The molecule has 0 spiro atoms. The molecule has 0 aromatic heterocycles. The van der Waals surface area contributed by atoms with Gasteiger partial charge in [-0.25, -0.2) is 0 Å². The van der Waals surface area contributed by atoms with E-state index >= 15 is 0 Å². The number of nitrogens with one attached hydrogen (secondary N) is 7. The van der Waals surface area contributed by atoms with Gasteiger partial charge in [0.15, 0.2) is 0 Å². The molecule has 1 aliphatic rings. The first kappa shape index (κ1) is 72.1. The molecule has 9 atom stereocenters. The van der Waals surface area contributed by atoms with Crippen molar-refractivity contribution in [3.63, 3.8) is 0 Å². The second-order valence-electron chi connectivity index (χ2n) is 23.4. The lowest BCUT2D eigenvalue weighted by Crippen LogP contribution is -2.61. The third kappa shape index (κ3) is 23.0. The van der Waals surface area contributed by atoms with Crippen LogP contribution in [0.1, 0.15) is 96.7 Å². The molecule has 0 unspecified atom stereocenters. The number of benzene rings is 5. The van der Waals surface area contributed by atoms with Crippen molar-refractivity contribution in [3.8, 4) is 5.75 Å². The summed E-state index contributed by atoms with van der Waals surface area (Å²) in [5, 5.41) is 38.8. The number of aromatic hydroxyl groups is 1. The van der Waals surface area contributed by atoms with Crippen LogP contribution in [-0.4, -0.2) is 148 Å². The molecule has 0 radical (unpaired) electrons. The summed E-state index contributed by atoms with van der Waals surface area (Å²) in [6.07, 6.45) is -0.601. The van der Waals surface area contributed by atoms with Crippen molar-refractivity contribution in [1.29, 1.82) is 0 Å². The fourth-order valence-corrected chi connectivity index (χ4v) is 11.1. The summed E-state index contributed by atoms with van der Waals surface area (Å²) in [5.41, 5.74) is 27.9. The third-order valence-corrected chi connectivity index (χ3v) is 16.1. The average Bonchev–Trinajstić information content (AvgIpc) is 1.84. The van der Waals surface area contributed by atoms with Crippen molar-refractivity contribution >= 4 is 65.0 Å².